The van der Waals surface area contributed by atoms with E-state index in [1.807, 2.05) is 6.07 Å². The molecule has 39 heavy (non-hydrogen) atoms. The van der Waals surface area contributed by atoms with Gasteiger partial charge in [0, 0.05) is 35.8 Å². The van der Waals surface area contributed by atoms with Crippen LogP contribution in [0.5, 0.6) is 5.75 Å². The number of Topliss-reactive ketones (excluding diaryl/α,β-unsaturated/α-hetero) is 3. The summed E-state index contributed by atoms with van der Waals surface area (Å²) in [4.78, 5) is 51.3. The number of nitriles is 1. The van der Waals surface area contributed by atoms with Gasteiger partial charge in [0.25, 0.3) is 0 Å². The summed E-state index contributed by atoms with van der Waals surface area (Å²) in [6.07, 6.45) is -6.64. The fourth-order valence-electron chi connectivity index (χ4n) is 3.95. The molecular formula is C28H28ClF3N2O5. The van der Waals surface area contributed by atoms with Crippen molar-refractivity contribution >= 4 is 34.9 Å². The number of alkyl halides is 3. The second kappa shape index (κ2) is 13.9. The van der Waals surface area contributed by atoms with Crippen LogP contribution in [0.3, 0.4) is 0 Å². The van der Waals surface area contributed by atoms with Crippen LogP contribution in [-0.2, 0) is 14.4 Å². The van der Waals surface area contributed by atoms with Crippen LogP contribution in [0.25, 0.3) is 0 Å². The van der Waals surface area contributed by atoms with E-state index in [0.717, 1.165) is 0 Å². The lowest BCUT2D eigenvalue weighted by Gasteiger charge is -2.25. The molecule has 7 nitrogen and oxygen atoms in total. The van der Waals surface area contributed by atoms with Crippen molar-refractivity contribution in [3.05, 3.63) is 64.7 Å². The first-order valence-corrected chi connectivity index (χ1v) is 12.4. The number of rotatable bonds is 13. The molecule has 0 radical (unpaired) electrons. The molecule has 0 aliphatic heterocycles. The fourth-order valence-corrected chi connectivity index (χ4v) is 4.14. The molecule has 1 N–H and O–H groups in total. The highest BCUT2D eigenvalue weighted by Crippen LogP contribution is 2.30. The van der Waals surface area contributed by atoms with Crippen LogP contribution in [0, 0.1) is 29.1 Å². The first kappa shape index (κ1) is 31.5. The fraction of sp³-hybridized carbons (Fsp3) is 0.393. The summed E-state index contributed by atoms with van der Waals surface area (Å²) in [6.45, 7) is 2.79. The van der Waals surface area contributed by atoms with Crippen molar-refractivity contribution < 1.29 is 37.1 Å². The summed E-state index contributed by atoms with van der Waals surface area (Å²) >= 11 is 5.93. The maximum absolute atomic E-state index is 13.3. The Labute approximate surface area is 229 Å². The second-order valence-electron chi connectivity index (χ2n) is 9.29. The predicted molar refractivity (Wildman–Crippen MR) is 137 cm³/mol. The number of nitrogens with zero attached hydrogens (tertiary/aromatic N) is 1. The minimum Gasteiger partial charge on any atom is -0.497 e. The van der Waals surface area contributed by atoms with Crippen LogP contribution in [0.15, 0.2) is 48.5 Å². The van der Waals surface area contributed by atoms with Crippen LogP contribution in [0.2, 0.25) is 5.02 Å². The van der Waals surface area contributed by atoms with Gasteiger partial charge in [0.1, 0.15) is 11.8 Å². The maximum Gasteiger partial charge on any atom is 0.450 e. The molecule has 2 aromatic rings. The molecule has 0 fully saturated rings. The molecule has 0 bridgehead atoms. The van der Waals surface area contributed by atoms with Gasteiger partial charge in [-0.25, -0.2) is 0 Å². The highest BCUT2D eigenvalue weighted by Gasteiger charge is 2.45. The van der Waals surface area contributed by atoms with E-state index in [1.165, 1.54) is 57.4 Å². The van der Waals surface area contributed by atoms with Gasteiger partial charge >= 0.3 is 6.18 Å². The lowest BCUT2D eigenvalue weighted by atomic mass is 9.84. The second-order valence-corrected chi connectivity index (χ2v) is 9.73. The van der Waals surface area contributed by atoms with Gasteiger partial charge in [0.05, 0.1) is 19.1 Å². The van der Waals surface area contributed by atoms with E-state index >= 15 is 0 Å². The largest absolute Gasteiger partial charge is 0.497 e. The van der Waals surface area contributed by atoms with Crippen molar-refractivity contribution in [2.45, 2.75) is 45.3 Å². The zero-order valence-corrected chi connectivity index (χ0v) is 22.3. The molecule has 0 saturated carbocycles. The number of amides is 1. The van der Waals surface area contributed by atoms with E-state index < -0.39 is 59.6 Å². The van der Waals surface area contributed by atoms with Crippen molar-refractivity contribution in [1.82, 2.24) is 5.32 Å². The quantitative estimate of drug-likeness (QED) is 0.314. The number of ether oxygens (including phenoxy) is 1. The smallest absolute Gasteiger partial charge is 0.450 e. The number of nitrogens with one attached hydrogen (secondary N) is 1. The lowest BCUT2D eigenvalue weighted by molar-refractivity contribution is -0.177. The van der Waals surface area contributed by atoms with Gasteiger partial charge in [-0.15, -0.1) is 0 Å². The van der Waals surface area contributed by atoms with Crippen LogP contribution < -0.4 is 10.1 Å². The molecule has 0 heterocycles. The number of methoxy groups -OCH3 is 1. The van der Waals surface area contributed by atoms with E-state index in [-0.39, 0.29) is 24.0 Å². The Bertz CT molecular complexity index is 1240. The Hall–Kier alpha value is -3.71. The number of ketones is 3. The molecule has 0 saturated heterocycles. The average Bonchev–Trinajstić information content (AvgIpc) is 2.88. The number of hydrogen-bond donors (Lipinski definition) is 1. The van der Waals surface area contributed by atoms with Crippen LogP contribution in [0.4, 0.5) is 13.2 Å². The van der Waals surface area contributed by atoms with E-state index in [0.29, 0.717) is 10.8 Å². The molecule has 208 valence electrons. The number of halogens is 4. The number of benzene rings is 2. The zero-order chi connectivity index (χ0) is 29.3. The Morgan fingerprint density at radius 1 is 1.05 bits per heavy atom. The molecule has 0 aromatic heterocycles. The number of carbonyl (C=O) groups is 4. The van der Waals surface area contributed by atoms with E-state index in [2.05, 4.69) is 5.32 Å². The summed E-state index contributed by atoms with van der Waals surface area (Å²) < 4.78 is 44.7. The monoisotopic (exact) mass is 564 g/mol. The molecular weight excluding hydrogens is 537 g/mol. The molecule has 2 aromatic carbocycles. The Morgan fingerprint density at radius 3 is 2.21 bits per heavy atom. The predicted octanol–water partition coefficient (Wildman–Crippen LogP) is 5.67. The third kappa shape index (κ3) is 8.93. The summed E-state index contributed by atoms with van der Waals surface area (Å²) in [5.74, 6) is -7.33. The molecule has 2 rings (SSSR count). The number of hydrogen-bond acceptors (Lipinski definition) is 6. The minimum atomic E-state index is -5.13. The Kier molecular flexibility index (Phi) is 11.2. The number of carbonyl (C=O) groups excluding carboxylic acids is 4. The van der Waals surface area contributed by atoms with Crippen LogP contribution in [-0.4, -0.2) is 36.5 Å². The molecule has 1 amide bonds. The van der Waals surface area contributed by atoms with Crippen LogP contribution in [0.1, 0.15) is 55.1 Å². The summed E-state index contributed by atoms with van der Waals surface area (Å²) in [7, 11) is 1.42. The van der Waals surface area contributed by atoms with Crippen molar-refractivity contribution in [2.75, 3.05) is 7.11 Å². The first-order valence-electron chi connectivity index (χ1n) is 12.0. The summed E-state index contributed by atoms with van der Waals surface area (Å²) in [5.41, 5.74) is 0.458. The zero-order valence-electron chi connectivity index (χ0n) is 21.5. The lowest BCUT2D eigenvalue weighted by Crippen LogP contribution is -2.41. The minimum absolute atomic E-state index is 0.228. The topological polar surface area (TPSA) is 113 Å². The standard InChI is InChI=1S/C28H28ClF3N2O5/c1-16(2)22(26(37)28(30,31)32)15-24(36)25(17-7-9-21(39-3)10-8-17)34-27(38)19(11-12-33)14-23(35)18-5-4-6-20(29)13-18/h4-10,13,16,19,22,25H,11,14-15H2,1-3H3,(H,34,38)/t19-,22+,25+/m1/s1. The van der Waals surface area contributed by atoms with Crippen molar-refractivity contribution in [3.8, 4) is 11.8 Å². The normalized spacial score (nSPS) is 13.6. The van der Waals surface area contributed by atoms with E-state index in [4.69, 9.17) is 16.3 Å². The maximum atomic E-state index is 13.3. The van der Waals surface area contributed by atoms with Crippen LogP contribution >= 0.6 is 11.6 Å². The highest BCUT2D eigenvalue weighted by atomic mass is 35.5. The third-order valence-corrected chi connectivity index (χ3v) is 6.42. The first-order chi connectivity index (χ1) is 18.3. The average molecular weight is 565 g/mol. The van der Waals surface area contributed by atoms with Crippen molar-refractivity contribution in [3.63, 3.8) is 0 Å². The van der Waals surface area contributed by atoms with Gasteiger partial charge in [-0.1, -0.05) is 49.7 Å². The van der Waals surface area contributed by atoms with Gasteiger partial charge < -0.3 is 10.1 Å². The SMILES string of the molecule is COc1ccc([C@H](NC(=O)[C@H](CC#N)CC(=O)c2cccc(Cl)c2)C(=O)C[C@H](C(=O)C(F)(F)F)C(C)C)cc1. The third-order valence-electron chi connectivity index (χ3n) is 6.19. The van der Waals surface area contributed by atoms with Crippen molar-refractivity contribution in [2.24, 2.45) is 17.8 Å². The molecule has 0 unspecified atom stereocenters. The molecule has 0 aliphatic carbocycles. The van der Waals surface area contributed by atoms with Crippen molar-refractivity contribution in [1.29, 1.82) is 5.26 Å². The molecule has 0 aliphatic rings. The van der Waals surface area contributed by atoms with E-state index in [9.17, 15) is 37.6 Å². The Balaban J connectivity index is 2.36. The molecule has 0 spiro atoms. The van der Waals surface area contributed by atoms with Gasteiger partial charge in [0.15, 0.2) is 11.6 Å². The van der Waals surface area contributed by atoms with Gasteiger partial charge in [-0.05, 0) is 35.7 Å². The van der Waals surface area contributed by atoms with Gasteiger partial charge in [0.2, 0.25) is 11.7 Å². The summed E-state index contributed by atoms with van der Waals surface area (Å²) in [6, 6.07) is 12.3. The highest BCUT2D eigenvalue weighted by molar-refractivity contribution is 6.31. The molecule has 11 heteroatoms. The van der Waals surface area contributed by atoms with E-state index in [1.54, 1.807) is 12.1 Å². The summed E-state index contributed by atoms with van der Waals surface area (Å²) in [5, 5.41) is 12.1. The Morgan fingerprint density at radius 2 is 1.69 bits per heavy atom. The van der Waals surface area contributed by atoms with Gasteiger partial charge in [-0.2, -0.15) is 18.4 Å². The van der Waals surface area contributed by atoms with Gasteiger partial charge in [-0.3, -0.25) is 19.2 Å². The molecule has 3 atom stereocenters.